The van der Waals surface area contributed by atoms with E-state index in [2.05, 4.69) is 10.4 Å². The van der Waals surface area contributed by atoms with Crippen LogP contribution in [0, 0.1) is 0 Å². The van der Waals surface area contributed by atoms with E-state index in [1.807, 2.05) is 0 Å². The Morgan fingerprint density at radius 2 is 1.69 bits per heavy atom. The molecule has 2 aromatic rings. The lowest BCUT2D eigenvalue weighted by Gasteiger charge is -2.28. The van der Waals surface area contributed by atoms with Gasteiger partial charge in [0.05, 0.1) is 32.9 Å². The third kappa shape index (κ3) is 3.35. The number of fused-ring (bicyclic) bond motifs is 1. The summed E-state index contributed by atoms with van der Waals surface area (Å²) in [5.74, 6) is 1.41. The van der Waals surface area contributed by atoms with Crippen LogP contribution in [-0.2, 0) is 9.53 Å². The first-order valence-corrected chi connectivity index (χ1v) is 9.59. The highest BCUT2D eigenvalue weighted by atomic mass is 16.5. The zero-order valence-corrected chi connectivity index (χ0v) is 16.7. The number of aromatic amines is 1. The van der Waals surface area contributed by atoms with Crippen LogP contribution in [0.1, 0.15) is 42.3 Å². The van der Waals surface area contributed by atoms with Gasteiger partial charge in [0.25, 0.3) is 5.56 Å². The van der Waals surface area contributed by atoms with Gasteiger partial charge in [-0.1, -0.05) is 0 Å². The summed E-state index contributed by atoms with van der Waals surface area (Å²) in [6.07, 6.45) is 1.72. The molecule has 0 spiro atoms. The molecule has 1 fully saturated rings. The molecule has 1 aromatic heterocycles. The molecule has 1 saturated heterocycles. The molecule has 1 unspecified atom stereocenters. The molecule has 3 heterocycles. The van der Waals surface area contributed by atoms with Crippen molar-refractivity contribution in [1.29, 1.82) is 0 Å². The van der Waals surface area contributed by atoms with Crippen LogP contribution in [0.2, 0.25) is 0 Å². The first kappa shape index (κ1) is 19.4. The number of nitrogens with one attached hydrogen (secondary N) is 2. The Labute approximate surface area is 167 Å². The van der Waals surface area contributed by atoms with Gasteiger partial charge < -0.3 is 24.3 Å². The Morgan fingerprint density at radius 3 is 2.28 bits per heavy atom. The SMILES string of the molecule is COc1cc(C2CC(=O)Nc3c2c(=O)[nH]n3C2CCOCC2)cc(OC)c1OC. The minimum atomic E-state index is -0.419. The van der Waals surface area contributed by atoms with Crippen molar-refractivity contribution >= 4 is 11.7 Å². The van der Waals surface area contributed by atoms with Crippen LogP contribution in [0.5, 0.6) is 17.2 Å². The van der Waals surface area contributed by atoms with Crippen molar-refractivity contribution in [2.75, 3.05) is 39.9 Å². The summed E-state index contributed by atoms with van der Waals surface area (Å²) in [6.45, 7) is 1.26. The van der Waals surface area contributed by atoms with Crippen molar-refractivity contribution in [3.05, 3.63) is 33.6 Å². The highest BCUT2D eigenvalue weighted by Crippen LogP contribution is 2.44. The second-order valence-electron chi connectivity index (χ2n) is 7.18. The number of ether oxygens (including phenoxy) is 4. The minimum Gasteiger partial charge on any atom is -0.493 e. The quantitative estimate of drug-likeness (QED) is 0.792. The zero-order valence-electron chi connectivity index (χ0n) is 16.7. The summed E-state index contributed by atoms with van der Waals surface area (Å²) in [5.41, 5.74) is 1.10. The van der Waals surface area contributed by atoms with Crippen LogP contribution in [0.3, 0.4) is 0 Å². The number of aromatic nitrogens is 2. The lowest BCUT2D eigenvalue weighted by Crippen LogP contribution is -2.28. The van der Waals surface area contributed by atoms with Gasteiger partial charge in [0, 0.05) is 25.6 Å². The molecule has 0 saturated carbocycles. The average Bonchev–Trinajstić information content (AvgIpc) is 3.08. The van der Waals surface area contributed by atoms with Crippen molar-refractivity contribution in [2.45, 2.75) is 31.2 Å². The number of anilines is 1. The fraction of sp³-hybridized carbons (Fsp3) is 0.500. The van der Waals surface area contributed by atoms with Crippen LogP contribution in [0.15, 0.2) is 16.9 Å². The molecule has 2 aliphatic heterocycles. The van der Waals surface area contributed by atoms with Gasteiger partial charge in [0.1, 0.15) is 5.82 Å². The summed E-state index contributed by atoms with van der Waals surface area (Å²) in [6, 6.07) is 3.67. The van der Waals surface area contributed by atoms with E-state index < -0.39 is 5.92 Å². The number of benzene rings is 1. The summed E-state index contributed by atoms with van der Waals surface area (Å²) in [5, 5.41) is 5.82. The Kier molecular flexibility index (Phi) is 5.23. The predicted octanol–water partition coefficient (Wildman–Crippen LogP) is 2.03. The van der Waals surface area contributed by atoms with E-state index in [4.69, 9.17) is 18.9 Å². The van der Waals surface area contributed by atoms with E-state index in [1.165, 1.54) is 21.3 Å². The van der Waals surface area contributed by atoms with Crippen LogP contribution in [0.25, 0.3) is 0 Å². The summed E-state index contributed by atoms with van der Waals surface area (Å²) in [4.78, 5) is 25.4. The minimum absolute atomic E-state index is 0.0826. The van der Waals surface area contributed by atoms with Gasteiger partial charge in [-0.2, -0.15) is 0 Å². The number of methoxy groups -OCH3 is 3. The first-order chi connectivity index (χ1) is 14.1. The van der Waals surface area contributed by atoms with E-state index in [0.717, 1.165) is 18.4 Å². The zero-order chi connectivity index (χ0) is 20.5. The molecule has 0 radical (unpaired) electrons. The fourth-order valence-corrected chi connectivity index (χ4v) is 4.19. The maximum atomic E-state index is 12.9. The molecule has 2 N–H and O–H groups in total. The standard InChI is InChI=1S/C20H25N3O6/c1-26-14-8-11(9-15(27-2)18(14)28-3)13-10-16(24)21-19-17(13)20(25)22-23(19)12-4-6-29-7-5-12/h8-9,12-13H,4-7,10H2,1-3H3,(H,21,24)(H,22,25). The Balaban J connectivity index is 1.83. The van der Waals surface area contributed by atoms with Crippen molar-refractivity contribution < 1.29 is 23.7 Å². The maximum absolute atomic E-state index is 12.9. The smallest absolute Gasteiger partial charge is 0.270 e. The van der Waals surface area contributed by atoms with Crippen LogP contribution in [-0.4, -0.2) is 50.2 Å². The Morgan fingerprint density at radius 1 is 1.03 bits per heavy atom. The molecule has 1 amide bonds. The first-order valence-electron chi connectivity index (χ1n) is 9.59. The molecule has 2 aliphatic rings. The number of hydrogen-bond acceptors (Lipinski definition) is 6. The fourth-order valence-electron chi connectivity index (χ4n) is 4.19. The van der Waals surface area contributed by atoms with Gasteiger partial charge in [0.2, 0.25) is 11.7 Å². The number of carbonyl (C=O) groups excluding carboxylic acids is 1. The maximum Gasteiger partial charge on any atom is 0.270 e. The van der Waals surface area contributed by atoms with Crippen LogP contribution < -0.4 is 25.1 Å². The largest absolute Gasteiger partial charge is 0.493 e. The molecule has 29 heavy (non-hydrogen) atoms. The molecule has 0 bridgehead atoms. The molecule has 9 nitrogen and oxygen atoms in total. The normalized spacial score (nSPS) is 19.4. The van der Waals surface area contributed by atoms with Crippen molar-refractivity contribution in [3.8, 4) is 17.2 Å². The monoisotopic (exact) mass is 403 g/mol. The highest BCUT2D eigenvalue weighted by molar-refractivity contribution is 5.94. The van der Waals surface area contributed by atoms with Crippen LogP contribution >= 0.6 is 0 Å². The molecule has 4 rings (SSSR count). The third-order valence-electron chi connectivity index (χ3n) is 5.60. The van der Waals surface area contributed by atoms with E-state index in [9.17, 15) is 9.59 Å². The van der Waals surface area contributed by atoms with E-state index in [0.29, 0.717) is 41.8 Å². The summed E-state index contributed by atoms with van der Waals surface area (Å²) >= 11 is 0. The van der Waals surface area contributed by atoms with Gasteiger partial charge in [0.15, 0.2) is 11.5 Å². The Bertz CT molecular complexity index is 948. The number of nitrogens with zero attached hydrogens (tertiary/aromatic N) is 1. The molecule has 156 valence electrons. The average molecular weight is 403 g/mol. The van der Waals surface area contributed by atoms with E-state index in [1.54, 1.807) is 16.8 Å². The number of hydrogen-bond donors (Lipinski definition) is 2. The van der Waals surface area contributed by atoms with Crippen molar-refractivity contribution in [1.82, 2.24) is 9.78 Å². The topological polar surface area (TPSA) is 104 Å². The molecule has 1 atom stereocenters. The van der Waals surface area contributed by atoms with E-state index >= 15 is 0 Å². The summed E-state index contributed by atoms with van der Waals surface area (Å²) in [7, 11) is 4.61. The molecular formula is C20H25N3O6. The highest BCUT2D eigenvalue weighted by Gasteiger charge is 2.35. The Hall–Kier alpha value is -2.94. The van der Waals surface area contributed by atoms with Gasteiger partial charge in [-0.3, -0.25) is 19.4 Å². The predicted molar refractivity (Wildman–Crippen MR) is 105 cm³/mol. The second kappa shape index (κ2) is 7.82. The second-order valence-corrected chi connectivity index (χ2v) is 7.18. The van der Waals surface area contributed by atoms with Crippen LogP contribution in [0.4, 0.5) is 5.82 Å². The number of amides is 1. The lowest BCUT2D eigenvalue weighted by molar-refractivity contribution is -0.116. The number of carbonyl (C=O) groups is 1. The molecule has 0 aliphatic carbocycles. The molecule has 1 aromatic carbocycles. The van der Waals surface area contributed by atoms with Crippen molar-refractivity contribution in [2.24, 2.45) is 0 Å². The van der Waals surface area contributed by atoms with Gasteiger partial charge in [-0.25, -0.2) is 0 Å². The number of rotatable bonds is 5. The van der Waals surface area contributed by atoms with Gasteiger partial charge in [-0.15, -0.1) is 0 Å². The number of H-pyrrole nitrogens is 1. The summed E-state index contributed by atoms with van der Waals surface area (Å²) < 4.78 is 23.5. The van der Waals surface area contributed by atoms with Crippen molar-refractivity contribution in [3.63, 3.8) is 0 Å². The third-order valence-corrected chi connectivity index (χ3v) is 5.60. The van der Waals surface area contributed by atoms with Gasteiger partial charge >= 0.3 is 0 Å². The molecule has 9 heteroatoms. The van der Waals surface area contributed by atoms with E-state index in [-0.39, 0.29) is 23.9 Å². The lowest BCUT2D eigenvalue weighted by atomic mass is 9.86. The van der Waals surface area contributed by atoms with Gasteiger partial charge in [-0.05, 0) is 30.5 Å². The molecular weight excluding hydrogens is 378 g/mol.